The monoisotopic (exact) mass is 271 g/mol. The van der Waals surface area contributed by atoms with E-state index >= 15 is 0 Å². The van der Waals surface area contributed by atoms with E-state index in [9.17, 15) is 0 Å². The summed E-state index contributed by atoms with van der Waals surface area (Å²) in [5.74, 6) is 2.48. The van der Waals surface area contributed by atoms with E-state index in [4.69, 9.17) is 14.2 Å². The summed E-state index contributed by atoms with van der Waals surface area (Å²) in [5.41, 5.74) is 2.20. The molecular weight excluding hydrogens is 254 g/mol. The second-order valence-corrected chi connectivity index (χ2v) is 4.66. The molecule has 0 bridgehead atoms. The van der Waals surface area contributed by atoms with E-state index in [1.807, 2.05) is 36.4 Å². The van der Waals surface area contributed by atoms with E-state index in [0.717, 1.165) is 29.5 Å². The average Bonchev–Trinajstić information content (AvgIpc) is 2.91. The molecule has 0 spiro atoms. The summed E-state index contributed by atoms with van der Waals surface area (Å²) in [6.45, 7) is 3.69. The number of ether oxygens (including phenoxy) is 3. The molecule has 3 rings (SSSR count). The van der Waals surface area contributed by atoms with E-state index in [1.54, 1.807) is 0 Å². The highest BCUT2D eigenvalue weighted by Crippen LogP contribution is 2.34. The quantitative estimate of drug-likeness (QED) is 0.848. The molecule has 0 fully saturated rings. The van der Waals surface area contributed by atoms with Crippen LogP contribution in [0.2, 0.25) is 0 Å². The third-order valence-corrected chi connectivity index (χ3v) is 3.06. The molecule has 104 valence electrons. The number of aryl methyl sites for hydroxylation is 1. The summed E-state index contributed by atoms with van der Waals surface area (Å²) in [5, 5.41) is 3.30. The first-order valence-electron chi connectivity index (χ1n) is 6.64. The van der Waals surface area contributed by atoms with E-state index < -0.39 is 0 Å². The van der Waals surface area contributed by atoms with Crippen LogP contribution in [-0.4, -0.2) is 19.9 Å². The van der Waals surface area contributed by atoms with Crippen LogP contribution in [0.1, 0.15) is 5.56 Å². The molecule has 2 aromatic carbocycles. The van der Waals surface area contributed by atoms with Crippen LogP contribution in [-0.2, 0) is 0 Å². The normalized spacial score (nSPS) is 12.2. The van der Waals surface area contributed by atoms with Crippen molar-refractivity contribution in [3.8, 4) is 17.2 Å². The lowest BCUT2D eigenvalue weighted by atomic mass is 10.2. The summed E-state index contributed by atoms with van der Waals surface area (Å²) >= 11 is 0. The lowest BCUT2D eigenvalue weighted by Gasteiger charge is -2.09. The van der Waals surface area contributed by atoms with Crippen molar-refractivity contribution in [3.05, 3.63) is 48.0 Å². The lowest BCUT2D eigenvalue weighted by Crippen LogP contribution is -2.11. The zero-order chi connectivity index (χ0) is 13.8. The number of rotatable bonds is 5. The van der Waals surface area contributed by atoms with E-state index in [-0.39, 0.29) is 0 Å². The molecule has 0 radical (unpaired) electrons. The maximum atomic E-state index is 5.68. The van der Waals surface area contributed by atoms with Crippen LogP contribution in [0, 0.1) is 6.92 Å². The van der Waals surface area contributed by atoms with Gasteiger partial charge in [-0.3, -0.25) is 0 Å². The maximum absolute atomic E-state index is 5.68. The van der Waals surface area contributed by atoms with E-state index in [0.29, 0.717) is 13.4 Å². The molecule has 0 saturated heterocycles. The van der Waals surface area contributed by atoms with Crippen LogP contribution in [0.15, 0.2) is 42.5 Å². The Balaban J connectivity index is 1.48. The molecule has 4 nitrogen and oxygen atoms in total. The Hall–Kier alpha value is -2.36. The van der Waals surface area contributed by atoms with Crippen LogP contribution >= 0.6 is 0 Å². The number of anilines is 1. The fraction of sp³-hybridized carbons (Fsp3) is 0.250. The molecule has 1 aliphatic rings. The second-order valence-electron chi connectivity index (χ2n) is 4.66. The summed E-state index contributed by atoms with van der Waals surface area (Å²) in [6, 6.07) is 13.9. The first-order chi connectivity index (χ1) is 9.81. The number of fused-ring (bicyclic) bond motifs is 1. The standard InChI is InChI=1S/C16H17NO3/c1-12-3-2-4-14(9-12)18-8-7-17-13-5-6-15-16(10-13)20-11-19-15/h2-6,9-10,17H,7-8,11H2,1H3. The van der Waals surface area contributed by atoms with Gasteiger partial charge < -0.3 is 19.5 Å². The highest BCUT2D eigenvalue weighted by atomic mass is 16.7. The summed E-state index contributed by atoms with van der Waals surface area (Å²) < 4.78 is 16.3. The Morgan fingerprint density at radius 2 is 2.00 bits per heavy atom. The molecule has 0 atom stereocenters. The fourth-order valence-electron chi connectivity index (χ4n) is 2.08. The molecule has 0 unspecified atom stereocenters. The highest BCUT2D eigenvalue weighted by Gasteiger charge is 2.12. The van der Waals surface area contributed by atoms with Gasteiger partial charge in [0, 0.05) is 18.3 Å². The number of nitrogens with one attached hydrogen (secondary N) is 1. The highest BCUT2D eigenvalue weighted by molar-refractivity contribution is 5.55. The first-order valence-corrected chi connectivity index (χ1v) is 6.64. The van der Waals surface area contributed by atoms with Gasteiger partial charge in [-0.25, -0.2) is 0 Å². The molecule has 0 saturated carbocycles. The Kier molecular flexibility index (Phi) is 3.63. The summed E-state index contributed by atoms with van der Waals surface area (Å²) in [4.78, 5) is 0. The molecule has 20 heavy (non-hydrogen) atoms. The smallest absolute Gasteiger partial charge is 0.231 e. The minimum Gasteiger partial charge on any atom is -0.492 e. The molecule has 0 amide bonds. The van der Waals surface area contributed by atoms with Crippen molar-refractivity contribution in [2.75, 3.05) is 25.3 Å². The van der Waals surface area contributed by atoms with Crippen LogP contribution in [0.25, 0.3) is 0 Å². The summed E-state index contributed by atoms with van der Waals surface area (Å²) in [7, 11) is 0. The van der Waals surface area contributed by atoms with Crippen molar-refractivity contribution in [1.82, 2.24) is 0 Å². The molecule has 1 N–H and O–H groups in total. The average molecular weight is 271 g/mol. The second kappa shape index (κ2) is 5.74. The van der Waals surface area contributed by atoms with Gasteiger partial charge in [0.05, 0.1) is 0 Å². The van der Waals surface area contributed by atoms with E-state index in [1.165, 1.54) is 5.56 Å². The SMILES string of the molecule is Cc1cccc(OCCNc2ccc3c(c2)OCO3)c1. The molecule has 4 heteroatoms. The topological polar surface area (TPSA) is 39.7 Å². The van der Waals surface area contributed by atoms with Gasteiger partial charge in [0.2, 0.25) is 6.79 Å². The van der Waals surface area contributed by atoms with E-state index in [2.05, 4.69) is 18.3 Å². The van der Waals surface area contributed by atoms with Crippen LogP contribution in [0.4, 0.5) is 5.69 Å². The van der Waals surface area contributed by atoms with Gasteiger partial charge in [-0.2, -0.15) is 0 Å². The zero-order valence-electron chi connectivity index (χ0n) is 11.4. The molecule has 1 heterocycles. The Morgan fingerprint density at radius 1 is 1.10 bits per heavy atom. The molecule has 0 aromatic heterocycles. The first kappa shape index (κ1) is 12.7. The summed E-state index contributed by atoms with van der Waals surface area (Å²) in [6.07, 6.45) is 0. The van der Waals surface area contributed by atoms with Gasteiger partial charge in [-0.1, -0.05) is 12.1 Å². The van der Waals surface area contributed by atoms with Crippen molar-refractivity contribution in [1.29, 1.82) is 0 Å². The number of hydrogen-bond donors (Lipinski definition) is 1. The number of hydrogen-bond acceptors (Lipinski definition) is 4. The van der Waals surface area contributed by atoms with Gasteiger partial charge in [0.1, 0.15) is 12.4 Å². The maximum Gasteiger partial charge on any atom is 0.231 e. The van der Waals surface area contributed by atoms with Crippen molar-refractivity contribution in [2.24, 2.45) is 0 Å². The van der Waals surface area contributed by atoms with Gasteiger partial charge >= 0.3 is 0 Å². The van der Waals surface area contributed by atoms with Crippen LogP contribution < -0.4 is 19.5 Å². The molecular formula is C16H17NO3. The van der Waals surface area contributed by atoms with Crippen molar-refractivity contribution in [3.63, 3.8) is 0 Å². The molecule has 0 aliphatic carbocycles. The van der Waals surface area contributed by atoms with Gasteiger partial charge in [0.25, 0.3) is 0 Å². The zero-order valence-corrected chi connectivity index (χ0v) is 11.4. The third kappa shape index (κ3) is 2.96. The number of benzene rings is 2. The van der Waals surface area contributed by atoms with Crippen molar-refractivity contribution >= 4 is 5.69 Å². The van der Waals surface area contributed by atoms with Crippen LogP contribution in [0.3, 0.4) is 0 Å². The molecule has 2 aromatic rings. The van der Waals surface area contributed by atoms with Gasteiger partial charge in [-0.15, -0.1) is 0 Å². The van der Waals surface area contributed by atoms with Crippen LogP contribution in [0.5, 0.6) is 17.2 Å². The fourth-order valence-corrected chi connectivity index (χ4v) is 2.08. The van der Waals surface area contributed by atoms with Gasteiger partial charge in [0.15, 0.2) is 11.5 Å². The van der Waals surface area contributed by atoms with Crippen molar-refractivity contribution in [2.45, 2.75) is 6.92 Å². The lowest BCUT2D eigenvalue weighted by molar-refractivity contribution is 0.174. The molecule has 1 aliphatic heterocycles. The largest absolute Gasteiger partial charge is 0.492 e. The Morgan fingerprint density at radius 3 is 2.90 bits per heavy atom. The minimum absolute atomic E-state index is 0.301. The van der Waals surface area contributed by atoms with Gasteiger partial charge in [-0.05, 0) is 36.8 Å². The third-order valence-electron chi connectivity index (χ3n) is 3.06. The van der Waals surface area contributed by atoms with Crippen molar-refractivity contribution < 1.29 is 14.2 Å². The predicted molar refractivity (Wildman–Crippen MR) is 77.7 cm³/mol. The Bertz CT molecular complexity index is 598. The predicted octanol–water partition coefficient (Wildman–Crippen LogP) is 3.21. The minimum atomic E-state index is 0.301. The Labute approximate surface area is 118 Å².